The maximum absolute atomic E-state index is 2.46. The van der Waals surface area contributed by atoms with Crippen molar-refractivity contribution in [3.8, 4) is 0 Å². The largest absolute Gasteiger partial charge is 0.0654 e. The molecule has 0 aromatic heterocycles. The molecule has 0 aliphatic rings. The van der Waals surface area contributed by atoms with Gasteiger partial charge in [0, 0.05) is 0 Å². The molecule has 1 unspecified atom stereocenters. The van der Waals surface area contributed by atoms with Crippen molar-refractivity contribution in [2.45, 2.75) is 99.3 Å². The van der Waals surface area contributed by atoms with Crippen molar-refractivity contribution in [3.05, 3.63) is 0 Å². The second-order valence-corrected chi connectivity index (χ2v) is 7.46. The molecule has 1 atom stereocenters. The Morgan fingerprint density at radius 1 is 0.778 bits per heavy atom. The van der Waals surface area contributed by atoms with Crippen molar-refractivity contribution in [1.29, 1.82) is 0 Å². The van der Waals surface area contributed by atoms with Crippen LogP contribution in [0.1, 0.15) is 99.3 Å². The molecule has 0 amide bonds. The van der Waals surface area contributed by atoms with E-state index >= 15 is 0 Å². The number of hydrogen-bond donors (Lipinski definition) is 0. The summed E-state index contributed by atoms with van der Waals surface area (Å²) in [5.41, 5.74) is 0.549. The van der Waals surface area contributed by atoms with Gasteiger partial charge in [0.25, 0.3) is 0 Å². The zero-order valence-electron chi connectivity index (χ0n) is 14.0. The third kappa shape index (κ3) is 9.97. The van der Waals surface area contributed by atoms with Gasteiger partial charge < -0.3 is 0 Å². The molecule has 0 rings (SSSR count). The maximum atomic E-state index is 2.46. The molecule has 0 saturated carbocycles. The van der Waals surface area contributed by atoms with E-state index in [0.29, 0.717) is 5.41 Å². The van der Waals surface area contributed by atoms with Gasteiger partial charge in [-0.2, -0.15) is 0 Å². The van der Waals surface area contributed by atoms with Crippen molar-refractivity contribution in [2.24, 2.45) is 17.3 Å². The molecule has 0 saturated heterocycles. The second kappa shape index (κ2) is 9.87. The minimum atomic E-state index is 0.549. The van der Waals surface area contributed by atoms with Gasteiger partial charge in [0.05, 0.1) is 0 Å². The minimum absolute atomic E-state index is 0.549. The first kappa shape index (κ1) is 18.0. The smallest absolute Gasteiger partial charge is 0.0352 e. The van der Waals surface area contributed by atoms with Gasteiger partial charge in [-0.25, -0.2) is 0 Å². The summed E-state index contributed by atoms with van der Waals surface area (Å²) in [6.45, 7) is 14.3. The summed E-state index contributed by atoms with van der Waals surface area (Å²) in [7, 11) is 0. The summed E-state index contributed by atoms with van der Waals surface area (Å²) in [4.78, 5) is 0. The maximum Gasteiger partial charge on any atom is -0.0352 e. The Labute approximate surface area is 117 Å². The molecular formula is C18H38. The predicted octanol–water partition coefficient (Wildman–Crippen LogP) is 6.84. The van der Waals surface area contributed by atoms with Crippen molar-refractivity contribution >= 4 is 0 Å². The summed E-state index contributed by atoms with van der Waals surface area (Å²) in [5, 5.41) is 0. The van der Waals surface area contributed by atoms with Gasteiger partial charge in [0.15, 0.2) is 0 Å². The van der Waals surface area contributed by atoms with E-state index in [2.05, 4.69) is 41.5 Å². The molecule has 0 spiro atoms. The highest BCUT2D eigenvalue weighted by Gasteiger charge is 2.21. The Bertz CT molecular complexity index is 178. The highest BCUT2D eigenvalue weighted by molar-refractivity contribution is 4.73. The molecule has 0 N–H and O–H groups in total. The molecule has 0 aliphatic heterocycles. The molecule has 0 aliphatic carbocycles. The Morgan fingerprint density at radius 2 is 1.28 bits per heavy atom. The fourth-order valence-corrected chi connectivity index (χ4v) is 2.77. The van der Waals surface area contributed by atoms with Crippen LogP contribution in [-0.2, 0) is 0 Å². The SMILES string of the molecule is CCCCCCCCCC(C)(C)CC(C)C(C)C. The van der Waals surface area contributed by atoms with Gasteiger partial charge in [-0.3, -0.25) is 0 Å². The van der Waals surface area contributed by atoms with E-state index in [1.165, 1.54) is 57.8 Å². The highest BCUT2D eigenvalue weighted by atomic mass is 14.3. The summed E-state index contributed by atoms with van der Waals surface area (Å²) < 4.78 is 0. The zero-order valence-corrected chi connectivity index (χ0v) is 14.0. The first-order valence-corrected chi connectivity index (χ1v) is 8.39. The lowest BCUT2D eigenvalue weighted by atomic mass is 9.76. The quantitative estimate of drug-likeness (QED) is 0.354. The van der Waals surface area contributed by atoms with Crippen LogP contribution in [0.4, 0.5) is 0 Å². The zero-order chi connectivity index (χ0) is 14.0. The van der Waals surface area contributed by atoms with Gasteiger partial charge in [0.2, 0.25) is 0 Å². The summed E-state index contributed by atoms with van der Waals surface area (Å²) in [5.74, 6) is 1.70. The lowest BCUT2D eigenvalue weighted by Gasteiger charge is -2.30. The number of hydrogen-bond acceptors (Lipinski definition) is 0. The van der Waals surface area contributed by atoms with Crippen molar-refractivity contribution in [2.75, 3.05) is 0 Å². The first-order valence-electron chi connectivity index (χ1n) is 8.39. The van der Waals surface area contributed by atoms with E-state index < -0.39 is 0 Å². The Morgan fingerprint density at radius 3 is 1.78 bits per heavy atom. The lowest BCUT2D eigenvalue weighted by Crippen LogP contribution is -2.18. The number of unbranched alkanes of at least 4 members (excludes halogenated alkanes) is 6. The van der Waals surface area contributed by atoms with E-state index in [1.54, 1.807) is 0 Å². The van der Waals surface area contributed by atoms with Crippen LogP contribution in [0.2, 0.25) is 0 Å². The summed E-state index contributed by atoms with van der Waals surface area (Å²) >= 11 is 0. The normalized spacial score (nSPS) is 14.2. The molecule has 0 heteroatoms. The third-order valence-corrected chi connectivity index (χ3v) is 4.47. The van der Waals surface area contributed by atoms with Crippen LogP contribution in [0.5, 0.6) is 0 Å². The van der Waals surface area contributed by atoms with Crippen LogP contribution in [0.15, 0.2) is 0 Å². The molecule has 0 fully saturated rings. The lowest BCUT2D eigenvalue weighted by molar-refractivity contribution is 0.216. The van der Waals surface area contributed by atoms with Crippen LogP contribution in [0, 0.1) is 17.3 Å². The van der Waals surface area contributed by atoms with Crippen molar-refractivity contribution < 1.29 is 0 Å². The molecule has 0 aromatic carbocycles. The van der Waals surface area contributed by atoms with E-state index in [0.717, 1.165) is 11.8 Å². The molecule has 0 nitrogen and oxygen atoms in total. The van der Waals surface area contributed by atoms with Gasteiger partial charge >= 0.3 is 0 Å². The molecule has 0 radical (unpaired) electrons. The molecule has 0 bridgehead atoms. The average molecular weight is 255 g/mol. The van der Waals surface area contributed by atoms with Gasteiger partial charge in [-0.15, -0.1) is 0 Å². The van der Waals surface area contributed by atoms with Crippen LogP contribution < -0.4 is 0 Å². The fourth-order valence-electron chi connectivity index (χ4n) is 2.77. The summed E-state index contributed by atoms with van der Waals surface area (Å²) in [6, 6.07) is 0. The van der Waals surface area contributed by atoms with Gasteiger partial charge in [0.1, 0.15) is 0 Å². The number of rotatable bonds is 11. The van der Waals surface area contributed by atoms with E-state index in [-0.39, 0.29) is 0 Å². The Kier molecular flexibility index (Phi) is 9.87. The topological polar surface area (TPSA) is 0 Å². The first-order chi connectivity index (χ1) is 8.39. The molecule has 0 heterocycles. The molecular weight excluding hydrogens is 216 g/mol. The van der Waals surface area contributed by atoms with Crippen molar-refractivity contribution in [1.82, 2.24) is 0 Å². The standard InChI is InChI=1S/C18H38/c1-7-8-9-10-11-12-13-14-18(5,6)15-17(4)16(2)3/h16-17H,7-15H2,1-6H3. The van der Waals surface area contributed by atoms with Crippen molar-refractivity contribution in [3.63, 3.8) is 0 Å². The Hall–Kier alpha value is 0. The van der Waals surface area contributed by atoms with E-state index in [4.69, 9.17) is 0 Å². The Balaban J connectivity index is 3.58. The van der Waals surface area contributed by atoms with E-state index in [1.807, 2.05) is 0 Å². The van der Waals surface area contributed by atoms with Gasteiger partial charge in [-0.05, 0) is 30.1 Å². The van der Waals surface area contributed by atoms with Crippen LogP contribution in [0.3, 0.4) is 0 Å². The fraction of sp³-hybridized carbons (Fsp3) is 1.00. The molecule has 110 valence electrons. The van der Waals surface area contributed by atoms with Crippen LogP contribution in [-0.4, -0.2) is 0 Å². The van der Waals surface area contributed by atoms with Crippen LogP contribution in [0.25, 0.3) is 0 Å². The monoisotopic (exact) mass is 254 g/mol. The highest BCUT2D eigenvalue weighted by Crippen LogP contribution is 2.34. The molecule has 18 heavy (non-hydrogen) atoms. The average Bonchev–Trinajstić information content (AvgIpc) is 2.27. The second-order valence-electron chi connectivity index (χ2n) is 7.46. The van der Waals surface area contributed by atoms with Crippen LogP contribution >= 0.6 is 0 Å². The predicted molar refractivity (Wildman–Crippen MR) is 85.0 cm³/mol. The van der Waals surface area contributed by atoms with Gasteiger partial charge in [-0.1, -0.05) is 86.5 Å². The summed E-state index contributed by atoms with van der Waals surface area (Å²) in [6.07, 6.45) is 12.8. The molecule has 0 aromatic rings. The minimum Gasteiger partial charge on any atom is -0.0654 e. The third-order valence-electron chi connectivity index (χ3n) is 4.47. The van der Waals surface area contributed by atoms with E-state index in [9.17, 15) is 0 Å².